The van der Waals surface area contributed by atoms with Crippen LogP contribution in [-0.4, -0.2) is 33.5 Å². The smallest absolute Gasteiger partial charge is 0.125 e. The van der Waals surface area contributed by atoms with E-state index in [1.165, 1.54) is 0 Å². The van der Waals surface area contributed by atoms with E-state index in [1.807, 2.05) is 19.2 Å². The summed E-state index contributed by atoms with van der Waals surface area (Å²) in [5.74, 6) is 0.846. The van der Waals surface area contributed by atoms with Crippen molar-refractivity contribution in [2.75, 3.05) is 6.54 Å². The molecule has 1 aromatic heterocycles. The highest BCUT2D eigenvalue weighted by Crippen LogP contribution is 2.17. The van der Waals surface area contributed by atoms with Gasteiger partial charge < -0.3 is 5.73 Å². The zero-order chi connectivity index (χ0) is 11.5. The molecule has 4 nitrogen and oxygen atoms in total. The molecule has 0 aliphatic carbocycles. The summed E-state index contributed by atoms with van der Waals surface area (Å²) in [4.78, 5) is 11.0. The minimum Gasteiger partial charge on any atom is -0.328 e. The SMILES string of the molecule is Cc1nccc(CN2CCC(N)CC2C)n1. The van der Waals surface area contributed by atoms with Gasteiger partial charge in [0.25, 0.3) is 0 Å². The third-order valence-corrected chi connectivity index (χ3v) is 3.25. The summed E-state index contributed by atoms with van der Waals surface area (Å²) in [5.41, 5.74) is 7.06. The molecular weight excluding hydrogens is 200 g/mol. The third kappa shape index (κ3) is 2.77. The van der Waals surface area contributed by atoms with Gasteiger partial charge in [0.05, 0.1) is 5.69 Å². The number of nitrogens with two attached hydrogens (primary N) is 1. The fourth-order valence-corrected chi connectivity index (χ4v) is 2.29. The number of piperidine rings is 1. The number of aromatic nitrogens is 2. The van der Waals surface area contributed by atoms with Crippen LogP contribution in [0.4, 0.5) is 0 Å². The Bertz CT molecular complexity index is 353. The number of hydrogen-bond donors (Lipinski definition) is 1. The first-order valence-corrected chi connectivity index (χ1v) is 5.93. The molecule has 2 atom stereocenters. The van der Waals surface area contributed by atoms with Crippen LogP contribution in [-0.2, 0) is 6.54 Å². The Morgan fingerprint density at radius 3 is 3.06 bits per heavy atom. The molecule has 0 bridgehead atoms. The van der Waals surface area contributed by atoms with Gasteiger partial charge in [-0.3, -0.25) is 4.90 Å². The average Bonchev–Trinajstić information content (AvgIpc) is 2.22. The topological polar surface area (TPSA) is 55.0 Å². The molecular formula is C12H20N4. The van der Waals surface area contributed by atoms with Crippen molar-refractivity contribution >= 4 is 0 Å². The lowest BCUT2D eigenvalue weighted by atomic mass is 9.99. The number of hydrogen-bond acceptors (Lipinski definition) is 4. The van der Waals surface area contributed by atoms with Gasteiger partial charge in [-0.15, -0.1) is 0 Å². The molecule has 2 heterocycles. The molecule has 0 spiro atoms. The molecule has 0 radical (unpaired) electrons. The average molecular weight is 220 g/mol. The van der Waals surface area contributed by atoms with Crippen molar-refractivity contribution in [1.29, 1.82) is 0 Å². The largest absolute Gasteiger partial charge is 0.328 e. The first-order chi connectivity index (χ1) is 7.65. The van der Waals surface area contributed by atoms with Crippen molar-refractivity contribution in [3.63, 3.8) is 0 Å². The van der Waals surface area contributed by atoms with Crippen LogP contribution in [0, 0.1) is 6.92 Å². The van der Waals surface area contributed by atoms with Gasteiger partial charge in [-0.25, -0.2) is 9.97 Å². The van der Waals surface area contributed by atoms with E-state index in [9.17, 15) is 0 Å². The maximum atomic E-state index is 5.95. The van der Waals surface area contributed by atoms with Crippen LogP contribution in [0.5, 0.6) is 0 Å². The van der Waals surface area contributed by atoms with E-state index in [1.54, 1.807) is 0 Å². The number of aryl methyl sites for hydroxylation is 1. The van der Waals surface area contributed by atoms with E-state index in [-0.39, 0.29) is 0 Å². The van der Waals surface area contributed by atoms with Gasteiger partial charge in [0.1, 0.15) is 5.82 Å². The molecule has 1 aliphatic heterocycles. The van der Waals surface area contributed by atoms with Gasteiger partial charge in [0.2, 0.25) is 0 Å². The predicted molar refractivity (Wildman–Crippen MR) is 63.9 cm³/mol. The Morgan fingerprint density at radius 1 is 1.56 bits per heavy atom. The molecule has 1 fully saturated rings. The van der Waals surface area contributed by atoms with Crippen LogP contribution in [0.2, 0.25) is 0 Å². The monoisotopic (exact) mass is 220 g/mol. The summed E-state index contributed by atoms with van der Waals surface area (Å²) < 4.78 is 0. The Hall–Kier alpha value is -1.00. The highest BCUT2D eigenvalue weighted by Gasteiger charge is 2.23. The predicted octanol–water partition coefficient (Wildman–Crippen LogP) is 1.10. The molecule has 0 saturated carbocycles. The van der Waals surface area contributed by atoms with Gasteiger partial charge in [-0.2, -0.15) is 0 Å². The van der Waals surface area contributed by atoms with E-state index >= 15 is 0 Å². The minimum atomic E-state index is 0.374. The summed E-state index contributed by atoms with van der Waals surface area (Å²) in [5, 5.41) is 0. The Labute approximate surface area is 96.9 Å². The van der Waals surface area contributed by atoms with Crippen LogP contribution in [0.3, 0.4) is 0 Å². The van der Waals surface area contributed by atoms with Crippen molar-refractivity contribution in [3.05, 3.63) is 23.8 Å². The summed E-state index contributed by atoms with van der Waals surface area (Å²) in [7, 11) is 0. The number of rotatable bonds is 2. The molecule has 0 amide bonds. The summed E-state index contributed by atoms with van der Waals surface area (Å²) in [6, 6.07) is 2.92. The maximum absolute atomic E-state index is 5.95. The highest BCUT2D eigenvalue weighted by atomic mass is 15.2. The van der Waals surface area contributed by atoms with Crippen LogP contribution in [0.1, 0.15) is 31.3 Å². The molecule has 0 aromatic carbocycles. The van der Waals surface area contributed by atoms with Gasteiger partial charge in [-0.05, 0) is 32.8 Å². The lowest BCUT2D eigenvalue weighted by molar-refractivity contribution is 0.138. The summed E-state index contributed by atoms with van der Waals surface area (Å²) in [6.07, 6.45) is 4.01. The van der Waals surface area contributed by atoms with Crippen LogP contribution in [0.15, 0.2) is 12.3 Å². The highest BCUT2D eigenvalue weighted by molar-refractivity contribution is 5.02. The van der Waals surface area contributed by atoms with E-state index in [4.69, 9.17) is 5.73 Å². The van der Waals surface area contributed by atoms with E-state index in [0.717, 1.165) is 37.4 Å². The van der Waals surface area contributed by atoms with Crippen LogP contribution >= 0.6 is 0 Å². The van der Waals surface area contributed by atoms with Crippen molar-refractivity contribution in [2.45, 2.75) is 45.3 Å². The molecule has 2 unspecified atom stereocenters. The van der Waals surface area contributed by atoms with E-state index in [2.05, 4.69) is 21.8 Å². The number of likely N-dealkylation sites (tertiary alicyclic amines) is 1. The second-order valence-electron chi connectivity index (χ2n) is 4.70. The normalized spacial score (nSPS) is 26.9. The molecule has 1 aliphatic rings. The second-order valence-corrected chi connectivity index (χ2v) is 4.70. The van der Waals surface area contributed by atoms with Gasteiger partial charge in [0.15, 0.2) is 0 Å². The Balaban J connectivity index is 1.99. The lowest BCUT2D eigenvalue weighted by Gasteiger charge is -2.36. The minimum absolute atomic E-state index is 0.374. The molecule has 88 valence electrons. The van der Waals surface area contributed by atoms with Gasteiger partial charge in [-0.1, -0.05) is 0 Å². The fraction of sp³-hybridized carbons (Fsp3) is 0.667. The quantitative estimate of drug-likeness (QED) is 0.811. The summed E-state index contributed by atoms with van der Waals surface area (Å²) >= 11 is 0. The van der Waals surface area contributed by atoms with Crippen molar-refractivity contribution < 1.29 is 0 Å². The molecule has 16 heavy (non-hydrogen) atoms. The molecule has 2 rings (SSSR count). The standard InChI is InChI=1S/C12H20N4/c1-9-7-11(13)4-6-16(9)8-12-3-5-14-10(2)15-12/h3,5,9,11H,4,6-8,13H2,1-2H3. The Morgan fingerprint density at radius 2 is 2.38 bits per heavy atom. The van der Waals surface area contributed by atoms with E-state index < -0.39 is 0 Å². The first kappa shape index (κ1) is 11.5. The zero-order valence-corrected chi connectivity index (χ0v) is 10.1. The third-order valence-electron chi connectivity index (χ3n) is 3.25. The lowest BCUT2D eigenvalue weighted by Crippen LogP contribution is -2.45. The Kier molecular flexibility index (Phi) is 3.51. The fourth-order valence-electron chi connectivity index (χ4n) is 2.29. The van der Waals surface area contributed by atoms with Crippen LogP contribution < -0.4 is 5.73 Å². The second kappa shape index (κ2) is 4.89. The van der Waals surface area contributed by atoms with Gasteiger partial charge in [0, 0.05) is 31.4 Å². The zero-order valence-electron chi connectivity index (χ0n) is 10.1. The number of nitrogens with zero attached hydrogens (tertiary/aromatic N) is 3. The van der Waals surface area contributed by atoms with Crippen LogP contribution in [0.25, 0.3) is 0 Å². The van der Waals surface area contributed by atoms with Crippen molar-refractivity contribution in [3.8, 4) is 0 Å². The molecule has 2 N–H and O–H groups in total. The van der Waals surface area contributed by atoms with Crippen molar-refractivity contribution in [1.82, 2.24) is 14.9 Å². The maximum Gasteiger partial charge on any atom is 0.125 e. The molecule has 1 saturated heterocycles. The molecule has 1 aromatic rings. The van der Waals surface area contributed by atoms with Gasteiger partial charge >= 0.3 is 0 Å². The molecule has 4 heteroatoms. The first-order valence-electron chi connectivity index (χ1n) is 5.93. The van der Waals surface area contributed by atoms with Crippen molar-refractivity contribution in [2.24, 2.45) is 5.73 Å². The summed E-state index contributed by atoms with van der Waals surface area (Å²) in [6.45, 7) is 6.16. The van der Waals surface area contributed by atoms with E-state index in [0.29, 0.717) is 12.1 Å².